The molecule has 2 aliphatic heterocycles. The van der Waals surface area contributed by atoms with Crippen molar-refractivity contribution in [2.75, 3.05) is 31.1 Å². The van der Waals surface area contributed by atoms with Crippen LogP contribution in [0.15, 0.2) is 18.6 Å². The molecule has 0 amide bonds. The molecule has 5 nitrogen and oxygen atoms in total. The SMILES string of the molecule is Cc1cnn2cc(N3CC(N4CCCCC4)C3)cnc12. The summed E-state index contributed by atoms with van der Waals surface area (Å²) in [6.07, 6.45) is 10.1. The Bertz CT molecular complexity index is 608. The highest BCUT2D eigenvalue weighted by Gasteiger charge is 2.32. The maximum Gasteiger partial charge on any atom is 0.157 e. The average molecular weight is 271 g/mol. The van der Waals surface area contributed by atoms with Crippen LogP contribution < -0.4 is 4.90 Å². The fraction of sp³-hybridized carbons (Fsp3) is 0.600. The molecule has 4 rings (SSSR count). The fourth-order valence-electron chi connectivity index (χ4n) is 3.33. The number of rotatable bonds is 2. The van der Waals surface area contributed by atoms with Gasteiger partial charge in [-0.3, -0.25) is 4.90 Å². The van der Waals surface area contributed by atoms with Gasteiger partial charge in [-0.05, 0) is 32.9 Å². The third kappa shape index (κ3) is 1.97. The van der Waals surface area contributed by atoms with Crippen LogP contribution in [0.25, 0.3) is 5.65 Å². The summed E-state index contributed by atoms with van der Waals surface area (Å²) >= 11 is 0. The molecule has 2 aliphatic rings. The van der Waals surface area contributed by atoms with Crippen molar-refractivity contribution in [1.29, 1.82) is 0 Å². The van der Waals surface area contributed by atoms with E-state index in [0.29, 0.717) is 0 Å². The highest BCUT2D eigenvalue weighted by atomic mass is 15.3. The molecule has 0 N–H and O–H groups in total. The Labute approximate surface area is 119 Å². The van der Waals surface area contributed by atoms with Gasteiger partial charge in [-0.15, -0.1) is 0 Å². The minimum atomic E-state index is 0.741. The lowest BCUT2D eigenvalue weighted by Gasteiger charge is -2.47. The van der Waals surface area contributed by atoms with Crippen LogP contribution in [0.4, 0.5) is 5.69 Å². The van der Waals surface area contributed by atoms with E-state index in [-0.39, 0.29) is 0 Å². The summed E-state index contributed by atoms with van der Waals surface area (Å²) in [4.78, 5) is 9.59. The van der Waals surface area contributed by atoms with Crippen LogP contribution in [0.3, 0.4) is 0 Å². The van der Waals surface area contributed by atoms with Crippen molar-refractivity contribution in [1.82, 2.24) is 19.5 Å². The van der Waals surface area contributed by atoms with E-state index in [4.69, 9.17) is 0 Å². The summed E-state index contributed by atoms with van der Waals surface area (Å²) in [5.41, 5.74) is 3.28. The van der Waals surface area contributed by atoms with Gasteiger partial charge in [0.05, 0.1) is 24.3 Å². The second-order valence-electron chi connectivity index (χ2n) is 6.06. The predicted molar refractivity (Wildman–Crippen MR) is 79.1 cm³/mol. The Morgan fingerprint density at radius 2 is 1.90 bits per heavy atom. The van der Waals surface area contributed by atoms with Gasteiger partial charge in [0.25, 0.3) is 0 Å². The molecule has 2 aromatic heterocycles. The molecule has 106 valence electrons. The smallest absolute Gasteiger partial charge is 0.157 e. The number of anilines is 1. The number of aromatic nitrogens is 3. The molecule has 0 aromatic carbocycles. The number of hydrogen-bond acceptors (Lipinski definition) is 4. The van der Waals surface area contributed by atoms with Gasteiger partial charge in [-0.1, -0.05) is 6.42 Å². The molecule has 0 saturated carbocycles. The van der Waals surface area contributed by atoms with Gasteiger partial charge in [0.1, 0.15) is 0 Å². The summed E-state index contributed by atoms with van der Waals surface area (Å²) in [6, 6.07) is 0.741. The van der Waals surface area contributed by atoms with Crippen molar-refractivity contribution < 1.29 is 0 Å². The summed E-state index contributed by atoms with van der Waals surface area (Å²) in [5, 5.41) is 4.35. The van der Waals surface area contributed by atoms with E-state index in [9.17, 15) is 0 Å². The zero-order valence-corrected chi connectivity index (χ0v) is 12.0. The lowest BCUT2D eigenvalue weighted by molar-refractivity contribution is 0.139. The van der Waals surface area contributed by atoms with Gasteiger partial charge in [-0.25, -0.2) is 9.50 Å². The van der Waals surface area contributed by atoms with Crippen LogP contribution >= 0.6 is 0 Å². The number of piperidine rings is 1. The highest BCUT2D eigenvalue weighted by Crippen LogP contribution is 2.25. The van der Waals surface area contributed by atoms with Crippen LogP contribution in [0.5, 0.6) is 0 Å². The fourth-order valence-corrected chi connectivity index (χ4v) is 3.33. The van der Waals surface area contributed by atoms with Crippen molar-refractivity contribution >= 4 is 11.3 Å². The van der Waals surface area contributed by atoms with Crippen LogP contribution in [-0.2, 0) is 0 Å². The van der Waals surface area contributed by atoms with Gasteiger partial charge < -0.3 is 4.90 Å². The number of aryl methyl sites for hydroxylation is 1. The first-order chi connectivity index (χ1) is 9.81. The lowest BCUT2D eigenvalue weighted by Crippen LogP contribution is -2.60. The molecule has 0 spiro atoms. The number of hydrogen-bond donors (Lipinski definition) is 0. The molecule has 0 aliphatic carbocycles. The Morgan fingerprint density at radius 1 is 1.10 bits per heavy atom. The molecule has 5 heteroatoms. The summed E-state index contributed by atoms with van der Waals surface area (Å²) in [7, 11) is 0. The van der Waals surface area contributed by atoms with E-state index in [0.717, 1.165) is 30.3 Å². The van der Waals surface area contributed by atoms with Crippen molar-refractivity contribution in [2.45, 2.75) is 32.2 Å². The van der Waals surface area contributed by atoms with Crippen molar-refractivity contribution in [2.24, 2.45) is 0 Å². The van der Waals surface area contributed by atoms with E-state index < -0.39 is 0 Å². The Balaban J connectivity index is 1.46. The quantitative estimate of drug-likeness (QED) is 0.833. The van der Waals surface area contributed by atoms with E-state index in [2.05, 4.69) is 26.1 Å². The summed E-state index contributed by atoms with van der Waals surface area (Å²) in [6.45, 7) is 6.88. The third-order valence-corrected chi connectivity index (χ3v) is 4.65. The second kappa shape index (κ2) is 4.74. The minimum absolute atomic E-state index is 0.741. The molecular weight excluding hydrogens is 250 g/mol. The minimum Gasteiger partial charge on any atom is -0.366 e. The van der Waals surface area contributed by atoms with E-state index in [1.54, 1.807) is 0 Å². The number of nitrogens with zero attached hydrogens (tertiary/aromatic N) is 5. The summed E-state index contributed by atoms with van der Waals surface area (Å²) < 4.78 is 1.89. The third-order valence-electron chi connectivity index (χ3n) is 4.65. The maximum atomic E-state index is 4.53. The van der Waals surface area contributed by atoms with Gasteiger partial charge >= 0.3 is 0 Å². The largest absolute Gasteiger partial charge is 0.366 e. The molecule has 0 bridgehead atoms. The molecule has 2 fully saturated rings. The first kappa shape index (κ1) is 12.1. The molecular formula is C15H21N5. The molecule has 0 radical (unpaired) electrons. The van der Waals surface area contributed by atoms with Crippen molar-refractivity contribution in [3.63, 3.8) is 0 Å². The lowest BCUT2D eigenvalue weighted by atomic mass is 10.0. The topological polar surface area (TPSA) is 36.7 Å². The summed E-state index contributed by atoms with van der Waals surface area (Å²) in [5.74, 6) is 0. The Hall–Kier alpha value is -1.62. The Morgan fingerprint density at radius 3 is 2.70 bits per heavy atom. The molecule has 0 atom stereocenters. The number of likely N-dealkylation sites (tertiary alicyclic amines) is 1. The number of fused-ring (bicyclic) bond motifs is 1. The van der Waals surface area contributed by atoms with Gasteiger partial charge in [0.2, 0.25) is 0 Å². The van der Waals surface area contributed by atoms with Gasteiger partial charge in [0, 0.05) is 24.7 Å². The van der Waals surface area contributed by atoms with E-state index in [1.165, 1.54) is 38.0 Å². The standard InChI is InChI=1S/C15H21N5/c1-12-7-17-20-11-13(8-16-15(12)20)19-9-14(10-19)18-5-3-2-4-6-18/h7-8,11,14H,2-6,9-10H2,1H3. The van der Waals surface area contributed by atoms with Crippen molar-refractivity contribution in [3.05, 3.63) is 24.2 Å². The van der Waals surface area contributed by atoms with Crippen LogP contribution in [0, 0.1) is 6.92 Å². The van der Waals surface area contributed by atoms with E-state index in [1.807, 2.05) is 23.8 Å². The van der Waals surface area contributed by atoms with Crippen LogP contribution in [-0.4, -0.2) is 51.7 Å². The first-order valence-electron chi connectivity index (χ1n) is 7.60. The predicted octanol–water partition coefficient (Wildman–Crippen LogP) is 1.71. The highest BCUT2D eigenvalue weighted by molar-refractivity contribution is 5.53. The molecule has 0 unspecified atom stereocenters. The zero-order chi connectivity index (χ0) is 13.5. The van der Waals surface area contributed by atoms with Gasteiger partial charge in [0.15, 0.2) is 5.65 Å². The molecule has 2 aromatic rings. The second-order valence-corrected chi connectivity index (χ2v) is 6.06. The molecule has 4 heterocycles. The average Bonchev–Trinajstić information content (AvgIpc) is 2.80. The van der Waals surface area contributed by atoms with Gasteiger partial charge in [-0.2, -0.15) is 5.10 Å². The maximum absolute atomic E-state index is 4.53. The monoisotopic (exact) mass is 271 g/mol. The molecule has 20 heavy (non-hydrogen) atoms. The van der Waals surface area contributed by atoms with E-state index >= 15 is 0 Å². The zero-order valence-electron chi connectivity index (χ0n) is 12.0. The Kier molecular flexibility index (Phi) is 2.88. The molecule has 2 saturated heterocycles. The first-order valence-corrected chi connectivity index (χ1v) is 7.60. The van der Waals surface area contributed by atoms with Crippen LogP contribution in [0.1, 0.15) is 24.8 Å². The van der Waals surface area contributed by atoms with Crippen molar-refractivity contribution in [3.8, 4) is 0 Å². The normalized spacial score (nSPS) is 21.4. The van der Waals surface area contributed by atoms with Crippen LogP contribution in [0.2, 0.25) is 0 Å².